The van der Waals surface area contributed by atoms with Crippen LogP contribution in [0.3, 0.4) is 0 Å². The third-order valence-electron chi connectivity index (χ3n) is 7.25. The third kappa shape index (κ3) is 4.13. The molecule has 5 rings (SSSR count). The third-order valence-corrected chi connectivity index (χ3v) is 7.25. The molecule has 4 atom stereocenters. The van der Waals surface area contributed by atoms with Crippen molar-refractivity contribution in [3.05, 3.63) is 30.1 Å². The first-order chi connectivity index (χ1) is 15.0. The highest BCUT2D eigenvalue weighted by Gasteiger charge is 2.36. The van der Waals surface area contributed by atoms with Crippen LogP contribution in [0.1, 0.15) is 45.9 Å². The predicted octanol–water partition coefficient (Wildman–Crippen LogP) is 2.83. The summed E-state index contributed by atoms with van der Waals surface area (Å²) in [5.41, 5.74) is 0.925. The number of carbonyl (C=O) groups is 1. The van der Waals surface area contributed by atoms with E-state index < -0.39 is 0 Å². The number of hydrogen-bond donors (Lipinski definition) is 2. The van der Waals surface area contributed by atoms with Crippen molar-refractivity contribution < 1.29 is 4.79 Å². The smallest absolute Gasteiger partial charge is 0.244 e. The summed E-state index contributed by atoms with van der Waals surface area (Å²) in [5, 5.41) is 7.78. The molecule has 4 unspecified atom stereocenters. The van der Waals surface area contributed by atoms with Crippen LogP contribution in [0.25, 0.3) is 10.9 Å². The quantitative estimate of drug-likeness (QED) is 0.775. The Morgan fingerprint density at radius 2 is 1.87 bits per heavy atom. The molecule has 0 radical (unpaired) electrons. The van der Waals surface area contributed by atoms with E-state index in [2.05, 4.69) is 41.2 Å². The van der Waals surface area contributed by atoms with Crippen LogP contribution in [-0.4, -0.2) is 63.6 Å². The molecule has 2 aromatic rings. The summed E-state index contributed by atoms with van der Waals surface area (Å²) in [4.78, 5) is 28.0. The monoisotopic (exact) mass is 422 g/mol. The lowest BCUT2D eigenvalue weighted by atomic mass is 10.0. The average Bonchev–Trinajstić information content (AvgIpc) is 3.18. The fraction of sp³-hybridized carbons (Fsp3) is 0.625. The average molecular weight is 423 g/mol. The van der Waals surface area contributed by atoms with Gasteiger partial charge in [-0.1, -0.05) is 32.9 Å². The van der Waals surface area contributed by atoms with Gasteiger partial charge in [-0.15, -0.1) is 0 Å². The van der Waals surface area contributed by atoms with E-state index in [1.807, 2.05) is 24.3 Å². The highest BCUT2D eigenvalue weighted by Crippen LogP contribution is 2.31. The largest absolute Gasteiger partial charge is 0.358 e. The van der Waals surface area contributed by atoms with Crippen LogP contribution in [0.15, 0.2) is 24.3 Å². The summed E-state index contributed by atoms with van der Waals surface area (Å²) in [6.07, 6.45) is 3.84. The van der Waals surface area contributed by atoms with Crippen molar-refractivity contribution in [3.8, 4) is 0 Å². The normalized spacial score (nSPS) is 30.1. The number of amides is 1. The van der Waals surface area contributed by atoms with Gasteiger partial charge in [-0.25, -0.2) is 9.97 Å². The number of rotatable bonds is 2. The Morgan fingerprint density at radius 3 is 2.65 bits per heavy atom. The lowest BCUT2D eigenvalue weighted by Crippen LogP contribution is -2.63. The SMILES string of the molecule is CC1CCC(N2CCN3Cc4nc(c5ccccc5n4)NC(C(C)C)C(=O)NC3C2)C1. The second-order valence-corrected chi connectivity index (χ2v) is 9.93. The highest BCUT2D eigenvalue weighted by atomic mass is 16.2. The molecule has 1 amide bonds. The lowest BCUT2D eigenvalue weighted by molar-refractivity contribution is -0.126. The number of para-hydroxylation sites is 1. The van der Waals surface area contributed by atoms with Crippen LogP contribution >= 0.6 is 0 Å². The van der Waals surface area contributed by atoms with Gasteiger partial charge in [0.15, 0.2) is 0 Å². The second-order valence-electron chi connectivity index (χ2n) is 9.93. The summed E-state index contributed by atoms with van der Waals surface area (Å²) in [6.45, 7) is 9.99. The van der Waals surface area contributed by atoms with Crippen molar-refractivity contribution in [1.82, 2.24) is 25.1 Å². The number of carbonyl (C=O) groups excluding carboxylic acids is 1. The molecule has 0 spiro atoms. The number of benzene rings is 1. The minimum atomic E-state index is -0.340. The van der Waals surface area contributed by atoms with E-state index in [4.69, 9.17) is 9.97 Å². The Labute approximate surface area is 184 Å². The first-order valence-electron chi connectivity index (χ1n) is 11.8. The van der Waals surface area contributed by atoms with Gasteiger partial charge in [-0.2, -0.15) is 0 Å². The zero-order valence-electron chi connectivity index (χ0n) is 18.8. The van der Waals surface area contributed by atoms with Crippen LogP contribution in [0, 0.1) is 11.8 Å². The maximum absolute atomic E-state index is 13.4. The Kier molecular flexibility index (Phi) is 5.56. The minimum absolute atomic E-state index is 0.0168. The van der Waals surface area contributed by atoms with Crippen LogP contribution in [0.2, 0.25) is 0 Å². The van der Waals surface area contributed by atoms with E-state index in [1.54, 1.807) is 0 Å². The van der Waals surface area contributed by atoms with E-state index in [-0.39, 0.29) is 24.0 Å². The van der Waals surface area contributed by atoms with Gasteiger partial charge < -0.3 is 10.6 Å². The summed E-state index contributed by atoms with van der Waals surface area (Å²) >= 11 is 0. The van der Waals surface area contributed by atoms with Crippen LogP contribution in [0.4, 0.5) is 5.82 Å². The summed E-state index contributed by atoms with van der Waals surface area (Å²) in [5.74, 6) is 2.57. The van der Waals surface area contributed by atoms with Gasteiger partial charge in [0.2, 0.25) is 5.91 Å². The zero-order chi connectivity index (χ0) is 21.5. The molecule has 2 bridgehead atoms. The topological polar surface area (TPSA) is 73.4 Å². The molecule has 1 aromatic carbocycles. The van der Waals surface area contributed by atoms with Gasteiger partial charge in [0.25, 0.3) is 0 Å². The Balaban J connectivity index is 1.48. The molecule has 1 saturated heterocycles. The number of nitrogens with one attached hydrogen (secondary N) is 2. The molecule has 1 saturated carbocycles. The summed E-state index contributed by atoms with van der Waals surface area (Å²) in [7, 11) is 0. The number of piperazine rings is 1. The number of anilines is 1. The van der Waals surface area contributed by atoms with Crippen molar-refractivity contribution in [1.29, 1.82) is 0 Å². The molecular formula is C24H34N6O. The molecule has 1 aliphatic carbocycles. The second kappa shape index (κ2) is 8.36. The lowest BCUT2D eigenvalue weighted by Gasteiger charge is -2.44. The van der Waals surface area contributed by atoms with Gasteiger partial charge >= 0.3 is 0 Å². The molecule has 2 fully saturated rings. The van der Waals surface area contributed by atoms with Crippen molar-refractivity contribution in [3.63, 3.8) is 0 Å². The number of hydrogen-bond acceptors (Lipinski definition) is 6. The summed E-state index contributed by atoms with van der Waals surface area (Å²) in [6, 6.07) is 8.35. The molecule has 7 nitrogen and oxygen atoms in total. The summed E-state index contributed by atoms with van der Waals surface area (Å²) < 4.78 is 0. The molecule has 3 heterocycles. The number of fused-ring (bicyclic) bond motifs is 5. The number of aromatic nitrogens is 2. The van der Waals surface area contributed by atoms with E-state index >= 15 is 0 Å². The fourth-order valence-electron chi connectivity index (χ4n) is 5.43. The van der Waals surface area contributed by atoms with Crippen molar-refractivity contribution in [2.45, 2.75) is 64.8 Å². The van der Waals surface area contributed by atoms with Crippen LogP contribution < -0.4 is 10.6 Å². The fourth-order valence-corrected chi connectivity index (χ4v) is 5.43. The maximum Gasteiger partial charge on any atom is 0.244 e. The van der Waals surface area contributed by atoms with E-state index in [0.717, 1.165) is 48.1 Å². The molecule has 166 valence electrons. The maximum atomic E-state index is 13.4. The van der Waals surface area contributed by atoms with Crippen LogP contribution in [-0.2, 0) is 11.3 Å². The molecular weight excluding hydrogens is 388 g/mol. The van der Waals surface area contributed by atoms with Gasteiger partial charge in [-0.3, -0.25) is 14.6 Å². The van der Waals surface area contributed by atoms with E-state index in [1.165, 1.54) is 19.3 Å². The molecule has 3 aliphatic rings. The highest BCUT2D eigenvalue weighted by molar-refractivity contribution is 5.92. The van der Waals surface area contributed by atoms with Gasteiger partial charge in [0, 0.05) is 31.1 Å². The standard InChI is InChI=1S/C24H34N6O/c1-15(2)22-24(31)27-21-14-29(17-9-8-16(3)12-17)10-11-30(21)13-20-25-19-7-5-4-6-18(19)23(26-20)28-22/h4-7,15-17,21-22H,8-14H2,1-3H3,(H,27,31)(H,25,26,28). The van der Waals surface area contributed by atoms with Crippen LogP contribution in [0.5, 0.6) is 0 Å². The number of nitrogens with zero attached hydrogens (tertiary/aromatic N) is 4. The Morgan fingerprint density at radius 1 is 1.06 bits per heavy atom. The van der Waals surface area contributed by atoms with Gasteiger partial charge in [-0.05, 0) is 43.2 Å². The van der Waals surface area contributed by atoms with E-state index in [9.17, 15) is 4.79 Å². The predicted molar refractivity (Wildman–Crippen MR) is 123 cm³/mol. The van der Waals surface area contributed by atoms with Crippen molar-refractivity contribution >= 4 is 22.6 Å². The minimum Gasteiger partial charge on any atom is -0.358 e. The first kappa shape index (κ1) is 20.6. The van der Waals surface area contributed by atoms with Gasteiger partial charge in [0.1, 0.15) is 17.7 Å². The molecule has 7 heteroatoms. The first-order valence-corrected chi connectivity index (χ1v) is 11.8. The Hall–Kier alpha value is -2.25. The molecule has 1 aromatic heterocycles. The molecule has 2 aliphatic heterocycles. The Bertz CT molecular complexity index is 962. The van der Waals surface area contributed by atoms with Crippen molar-refractivity contribution in [2.75, 3.05) is 25.0 Å². The molecule has 31 heavy (non-hydrogen) atoms. The van der Waals surface area contributed by atoms with Gasteiger partial charge in [0.05, 0.1) is 18.2 Å². The van der Waals surface area contributed by atoms with E-state index in [0.29, 0.717) is 12.6 Å². The zero-order valence-corrected chi connectivity index (χ0v) is 18.8. The van der Waals surface area contributed by atoms with Crippen molar-refractivity contribution in [2.24, 2.45) is 11.8 Å². The molecule has 2 N–H and O–H groups in total.